The van der Waals surface area contributed by atoms with Gasteiger partial charge in [0.1, 0.15) is 4.88 Å². The van der Waals surface area contributed by atoms with Gasteiger partial charge in [0.2, 0.25) is 0 Å². The Labute approximate surface area is 106 Å². The Kier molecular flexibility index (Phi) is 6.73. The van der Waals surface area contributed by atoms with Gasteiger partial charge in [0.05, 0.1) is 5.69 Å². The number of hydrogen-bond acceptors (Lipinski definition) is 5. The molecule has 2 N–H and O–H groups in total. The molecular weight excluding hydrogens is 236 g/mol. The van der Waals surface area contributed by atoms with E-state index in [1.165, 1.54) is 11.5 Å². The van der Waals surface area contributed by atoms with E-state index in [4.69, 9.17) is 0 Å². The van der Waals surface area contributed by atoms with E-state index in [1.807, 2.05) is 0 Å². The summed E-state index contributed by atoms with van der Waals surface area (Å²) in [5.74, 6) is -0.0417. The summed E-state index contributed by atoms with van der Waals surface area (Å²) in [6, 6.07) is 0. The van der Waals surface area contributed by atoms with Gasteiger partial charge in [-0.2, -0.15) is 0 Å². The predicted molar refractivity (Wildman–Crippen MR) is 69.4 cm³/mol. The molecule has 0 aromatic carbocycles. The summed E-state index contributed by atoms with van der Waals surface area (Å²) in [5.41, 5.74) is 0.821. The molecule has 0 bridgehead atoms. The number of aromatic nitrogens is 2. The van der Waals surface area contributed by atoms with Gasteiger partial charge in [-0.05, 0) is 37.5 Å². The van der Waals surface area contributed by atoms with E-state index in [-0.39, 0.29) is 5.91 Å². The van der Waals surface area contributed by atoms with Gasteiger partial charge in [-0.25, -0.2) is 0 Å². The second kappa shape index (κ2) is 8.14. The molecule has 0 aliphatic rings. The number of carbonyl (C=O) groups is 1. The van der Waals surface area contributed by atoms with E-state index < -0.39 is 0 Å². The third-order valence-electron chi connectivity index (χ3n) is 2.31. The molecule has 1 heterocycles. The van der Waals surface area contributed by atoms with Gasteiger partial charge in [0.15, 0.2) is 0 Å². The van der Waals surface area contributed by atoms with Crippen LogP contribution in [-0.2, 0) is 6.42 Å². The molecule has 1 rings (SSSR count). The summed E-state index contributed by atoms with van der Waals surface area (Å²) in [5, 5.41) is 10.1. The van der Waals surface area contributed by atoms with Crippen LogP contribution in [0.25, 0.3) is 0 Å². The molecule has 0 unspecified atom stereocenters. The molecule has 17 heavy (non-hydrogen) atoms. The smallest absolute Gasteiger partial charge is 0.264 e. The van der Waals surface area contributed by atoms with Crippen LogP contribution in [0.2, 0.25) is 0 Å². The third kappa shape index (κ3) is 4.79. The summed E-state index contributed by atoms with van der Waals surface area (Å²) in [7, 11) is 0. The Bertz CT molecular complexity index is 340. The van der Waals surface area contributed by atoms with E-state index in [0.717, 1.165) is 38.0 Å². The van der Waals surface area contributed by atoms with Crippen molar-refractivity contribution in [3.63, 3.8) is 0 Å². The van der Waals surface area contributed by atoms with Gasteiger partial charge in [0, 0.05) is 6.54 Å². The molecule has 5 nitrogen and oxygen atoms in total. The molecule has 0 aliphatic carbocycles. The topological polar surface area (TPSA) is 66.9 Å². The summed E-state index contributed by atoms with van der Waals surface area (Å²) in [6.45, 7) is 6.72. The van der Waals surface area contributed by atoms with Crippen molar-refractivity contribution in [2.75, 3.05) is 19.6 Å². The zero-order valence-electron chi connectivity index (χ0n) is 10.5. The van der Waals surface area contributed by atoms with Gasteiger partial charge in [-0.1, -0.05) is 24.8 Å². The fraction of sp³-hybridized carbons (Fsp3) is 0.727. The van der Waals surface area contributed by atoms with Crippen molar-refractivity contribution in [3.8, 4) is 0 Å². The lowest BCUT2D eigenvalue weighted by Gasteiger charge is -2.04. The molecule has 1 aromatic rings. The van der Waals surface area contributed by atoms with Crippen LogP contribution in [0.4, 0.5) is 0 Å². The maximum atomic E-state index is 11.8. The first kappa shape index (κ1) is 14.1. The van der Waals surface area contributed by atoms with E-state index in [0.29, 0.717) is 11.4 Å². The van der Waals surface area contributed by atoms with E-state index in [9.17, 15) is 4.79 Å². The predicted octanol–water partition coefficient (Wildman–Crippen LogP) is 1.22. The highest BCUT2D eigenvalue weighted by atomic mass is 32.1. The third-order valence-corrected chi connectivity index (χ3v) is 3.08. The minimum absolute atomic E-state index is 0.0417. The van der Waals surface area contributed by atoms with Crippen LogP contribution in [0.1, 0.15) is 42.1 Å². The molecule has 0 saturated carbocycles. The Hall–Kier alpha value is -1.01. The van der Waals surface area contributed by atoms with Crippen LogP contribution in [0, 0.1) is 0 Å². The monoisotopic (exact) mass is 256 g/mol. The maximum Gasteiger partial charge on any atom is 0.264 e. The Morgan fingerprint density at radius 3 is 2.88 bits per heavy atom. The lowest BCUT2D eigenvalue weighted by molar-refractivity contribution is 0.0956. The van der Waals surface area contributed by atoms with Crippen molar-refractivity contribution in [1.29, 1.82) is 0 Å². The quantitative estimate of drug-likeness (QED) is 0.686. The van der Waals surface area contributed by atoms with Crippen LogP contribution in [0.15, 0.2) is 0 Å². The molecule has 0 aliphatic heterocycles. The van der Waals surface area contributed by atoms with Crippen LogP contribution in [0.3, 0.4) is 0 Å². The highest BCUT2D eigenvalue weighted by Gasteiger charge is 2.14. The highest BCUT2D eigenvalue weighted by molar-refractivity contribution is 7.08. The second-order valence-corrected chi connectivity index (χ2v) is 4.52. The molecule has 0 fully saturated rings. The highest BCUT2D eigenvalue weighted by Crippen LogP contribution is 2.11. The zero-order chi connectivity index (χ0) is 12.5. The molecular formula is C11H20N4OS. The number of rotatable bonds is 8. The molecule has 0 saturated heterocycles. The second-order valence-electron chi connectivity index (χ2n) is 3.76. The minimum Gasteiger partial charge on any atom is -0.351 e. The molecule has 1 aromatic heterocycles. The van der Waals surface area contributed by atoms with Crippen molar-refractivity contribution < 1.29 is 4.79 Å². The summed E-state index contributed by atoms with van der Waals surface area (Å²) in [6.07, 6.45) is 2.73. The lowest BCUT2D eigenvalue weighted by atomic mass is 10.2. The standard InChI is InChI=1S/C11H20N4OS/c1-3-6-9-10(17-15-14-9)11(16)13-8-5-7-12-4-2/h12H,3-8H2,1-2H3,(H,13,16). The van der Waals surface area contributed by atoms with Crippen molar-refractivity contribution in [3.05, 3.63) is 10.6 Å². The number of nitrogens with zero attached hydrogens (tertiary/aromatic N) is 2. The molecule has 0 atom stereocenters. The van der Waals surface area contributed by atoms with E-state index in [1.54, 1.807) is 0 Å². The van der Waals surface area contributed by atoms with E-state index >= 15 is 0 Å². The van der Waals surface area contributed by atoms with Gasteiger partial charge in [0.25, 0.3) is 5.91 Å². The minimum atomic E-state index is -0.0417. The van der Waals surface area contributed by atoms with Gasteiger partial charge < -0.3 is 10.6 Å². The first-order chi connectivity index (χ1) is 8.29. The van der Waals surface area contributed by atoms with Gasteiger partial charge in [-0.15, -0.1) is 5.10 Å². The maximum absolute atomic E-state index is 11.8. The van der Waals surface area contributed by atoms with Crippen molar-refractivity contribution in [2.45, 2.75) is 33.1 Å². The van der Waals surface area contributed by atoms with Gasteiger partial charge >= 0.3 is 0 Å². The number of amides is 1. The average molecular weight is 256 g/mol. The number of aryl methyl sites for hydroxylation is 1. The first-order valence-corrected chi connectivity index (χ1v) is 6.87. The molecule has 6 heteroatoms. The Balaban J connectivity index is 2.33. The summed E-state index contributed by atoms with van der Waals surface area (Å²) >= 11 is 1.18. The fourth-order valence-corrected chi connectivity index (χ4v) is 2.08. The largest absolute Gasteiger partial charge is 0.351 e. The van der Waals surface area contributed by atoms with Crippen LogP contribution < -0.4 is 10.6 Å². The summed E-state index contributed by atoms with van der Waals surface area (Å²) < 4.78 is 3.84. The average Bonchev–Trinajstić information content (AvgIpc) is 2.77. The normalized spacial score (nSPS) is 10.5. The van der Waals surface area contributed by atoms with Crippen LogP contribution >= 0.6 is 11.5 Å². The van der Waals surface area contributed by atoms with Gasteiger partial charge in [-0.3, -0.25) is 4.79 Å². The Morgan fingerprint density at radius 2 is 2.18 bits per heavy atom. The van der Waals surface area contributed by atoms with E-state index in [2.05, 4.69) is 34.1 Å². The molecule has 0 radical (unpaired) electrons. The fourth-order valence-electron chi connectivity index (χ4n) is 1.45. The Morgan fingerprint density at radius 1 is 1.35 bits per heavy atom. The molecule has 1 amide bonds. The van der Waals surface area contributed by atoms with Crippen LogP contribution in [0.5, 0.6) is 0 Å². The summed E-state index contributed by atoms with van der Waals surface area (Å²) in [4.78, 5) is 12.5. The first-order valence-electron chi connectivity index (χ1n) is 6.09. The number of hydrogen-bond donors (Lipinski definition) is 2. The zero-order valence-corrected chi connectivity index (χ0v) is 11.3. The number of carbonyl (C=O) groups excluding carboxylic acids is 1. The SMILES string of the molecule is CCCc1nnsc1C(=O)NCCCNCC. The lowest BCUT2D eigenvalue weighted by Crippen LogP contribution is -2.27. The molecule has 0 spiro atoms. The van der Waals surface area contributed by atoms with Crippen molar-refractivity contribution in [1.82, 2.24) is 20.2 Å². The number of nitrogens with one attached hydrogen (secondary N) is 2. The van der Waals surface area contributed by atoms with Crippen molar-refractivity contribution in [2.24, 2.45) is 0 Å². The van der Waals surface area contributed by atoms with Crippen molar-refractivity contribution >= 4 is 17.4 Å². The molecule has 96 valence electrons. The van der Waals surface area contributed by atoms with Crippen LogP contribution in [-0.4, -0.2) is 35.1 Å².